The van der Waals surface area contributed by atoms with E-state index in [1.807, 2.05) is 0 Å². The summed E-state index contributed by atoms with van der Waals surface area (Å²) in [4.78, 5) is 12.2. The summed E-state index contributed by atoms with van der Waals surface area (Å²) < 4.78 is 49.5. The van der Waals surface area contributed by atoms with Crippen LogP contribution in [0.25, 0.3) is 0 Å². The molecule has 134 valence electrons. The number of carbonyl (C=O) groups is 1. The van der Waals surface area contributed by atoms with Crippen LogP contribution < -0.4 is 10.0 Å². The average Bonchev–Trinajstić information content (AvgIpc) is 2.95. The Morgan fingerprint density at radius 1 is 1.29 bits per heavy atom. The molecule has 0 radical (unpaired) electrons. The quantitative estimate of drug-likeness (QED) is 0.679. The molecule has 1 aromatic heterocycles. The van der Waals surface area contributed by atoms with E-state index in [-0.39, 0.29) is 46.0 Å². The number of thiophene rings is 1. The van der Waals surface area contributed by atoms with Gasteiger partial charge in [-0.15, -0.1) is 11.3 Å². The minimum Gasteiger partial charge on any atom is -0.355 e. The molecule has 7 nitrogen and oxygen atoms in total. The number of amides is 1. The predicted molar refractivity (Wildman–Crippen MR) is 90.9 cm³/mol. The first-order chi connectivity index (χ1) is 11.2. The molecule has 1 aliphatic heterocycles. The van der Waals surface area contributed by atoms with E-state index < -0.39 is 19.9 Å². The van der Waals surface area contributed by atoms with Gasteiger partial charge in [-0.3, -0.25) is 4.79 Å². The maximum atomic E-state index is 12.2. The minimum atomic E-state index is -3.51. The van der Waals surface area contributed by atoms with Gasteiger partial charge in [-0.05, 0) is 36.1 Å². The van der Waals surface area contributed by atoms with Crippen LogP contribution in [0.5, 0.6) is 0 Å². The van der Waals surface area contributed by atoms with Gasteiger partial charge in [-0.25, -0.2) is 21.6 Å². The van der Waals surface area contributed by atoms with Crippen molar-refractivity contribution in [3.63, 3.8) is 0 Å². The normalized spacial score (nSPS) is 24.6. The Balaban J connectivity index is 1.42. The molecule has 1 amide bonds. The van der Waals surface area contributed by atoms with Crippen LogP contribution in [-0.2, 0) is 24.7 Å². The van der Waals surface area contributed by atoms with Crippen molar-refractivity contribution in [1.29, 1.82) is 0 Å². The van der Waals surface area contributed by atoms with E-state index in [2.05, 4.69) is 10.0 Å². The highest BCUT2D eigenvalue weighted by atomic mass is 32.2. The number of carbonyl (C=O) groups excluding carboxylic acids is 1. The summed E-state index contributed by atoms with van der Waals surface area (Å²) >= 11 is 1.14. The zero-order valence-corrected chi connectivity index (χ0v) is 15.5. The number of sulfone groups is 1. The maximum Gasteiger partial charge on any atom is 0.250 e. The van der Waals surface area contributed by atoms with E-state index in [4.69, 9.17) is 0 Å². The van der Waals surface area contributed by atoms with Crippen molar-refractivity contribution < 1.29 is 21.6 Å². The van der Waals surface area contributed by atoms with Crippen LogP contribution >= 0.6 is 11.3 Å². The van der Waals surface area contributed by atoms with Crippen molar-refractivity contribution in [2.24, 2.45) is 11.3 Å². The summed E-state index contributed by atoms with van der Waals surface area (Å²) in [7, 11) is -6.44. The highest BCUT2D eigenvalue weighted by molar-refractivity contribution is 7.91. The van der Waals surface area contributed by atoms with Gasteiger partial charge in [0.15, 0.2) is 0 Å². The fraction of sp³-hybridized carbons (Fsp3) is 0.643. The zero-order valence-electron chi connectivity index (χ0n) is 13.0. The van der Waals surface area contributed by atoms with E-state index in [0.29, 0.717) is 12.8 Å². The molecule has 24 heavy (non-hydrogen) atoms. The summed E-state index contributed by atoms with van der Waals surface area (Å²) in [6, 6.07) is 3.19. The molecule has 1 saturated carbocycles. The fourth-order valence-electron chi connectivity index (χ4n) is 3.20. The lowest BCUT2D eigenvalue weighted by Crippen LogP contribution is -2.36. The summed E-state index contributed by atoms with van der Waals surface area (Å²) in [5.74, 6) is 0.0842. The maximum absolute atomic E-state index is 12.2. The van der Waals surface area contributed by atoms with E-state index in [1.165, 1.54) is 6.07 Å². The molecule has 1 aliphatic carbocycles. The molecule has 1 saturated heterocycles. The van der Waals surface area contributed by atoms with Crippen LogP contribution in [0, 0.1) is 11.3 Å². The number of nitrogens with one attached hydrogen (secondary N) is 2. The van der Waals surface area contributed by atoms with E-state index in [9.17, 15) is 21.6 Å². The van der Waals surface area contributed by atoms with Gasteiger partial charge >= 0.3 is 0 Å². The third-order valence-corrected chi connectivity index (χ3v) is 9.32. The Morgan fingerprint density at radius 3 is 2.62 bits per heavy atom. The third kappa shape index (κ3) is 3.81. The number of rotatable bonds is 6. The van der Waals surface area contributed by atoms with Crippen LogP contribution in [0.4, 0.5) is 0 Å². The molecule has 3 rings (SSSR count). The van der Waals surface area contributed by atoms with Crippen molar-refractivity contribution in [1.82, 2.24) is 10.0 Å². The number of sulfonamides is 1. The van der Waals surface area contributed by atoms with Gasteiger partial charge in [0, 0.05) is 19.0 Å². The minimum absolute atomic E-state index is 0.107. The van der Waals surface area contributed by atoms with Crippen LogP contribution in [0.15, 0.2) is 21.7 Å². The molecule has 1 spiro atoms. The summed E-state index contributed by atoms with van der Waals surface area (Å²) in [5, 5.41) is 4.43. The third-order valence-electron chi connectivity index (χ3n) is 4.80. The molecular weight excluding hydrogens is 372 g/mol. The van der Waals surface area contributed by atoms with Gasteiger partial charge < -0.3 is 5.32 Å². The van der Waals surface area contributed by atoms with Crippen molar-refractivity contribution >= 4 is 37.1 Å². The van der Waals surface area contributed by atoms with Crippen molar-refractivity contribution in [2.75, 3.05) is 24.6 Å². The zero-order chi connectivity index (χ0) is 17.4. The summed E-state index contributed by atoms with van der Waals surface area (Å²) in [5.41, 5.74) is -0.147. The predicted octanol–water partition coefficient (Wildman–Crippen LogP) is 0.357. The summed E-state index contributed by atoms with van der Waals surface area (Å²) in [6.45, 7) is 0.342. The molecule has 1 aromatic rings. The highest BCUT2D eigenvalue weighted by Gasteiger charge is 2.59. The first-order valence-corrected chi connectivity index (χ1v) is 11.9. The van der Waals surface area contributed by atoms with Gasteiger partial charge in [0.1, 0.15) is 14.0 Å². The Hall–Kier alpha value is -0.970. The molecule has 0 aromatic carbocycles. The van der Waals surface area contributed by atoms with Crippen LogP contribution in [-0.4, -0.2) is 47.3 Å². The first-order valence-electron chi connectivity index (χ1n) is 7.75. The molecule has 0 bridgehead atoms. The van der Waals surface area contributed by atoms with Crippen molar-refractivity contribution in [3.05, 3.63) is 17.5 Å². The second kappa shape index (κ2) is 6.40. The Labute approximate surface area is 145 Å². The average molecular weight is 393 g/mol. The van der Waals surface area contributed by atoms with Crippen LogP contribution in [0.2, 0.25) is 0 Å². The second-order valence-electron chi connectivity index (χ2n) is 6.39. The molecule has 1 unspecified atom stereocenters. The molecule has 10 heteroatoms. The molecular formula is C14H20N2O5S3. The van der Waals surface area contributed by atoms with E-state index >= 15 is 0 Å². The lowest BCUT2D eigenvalue weighted by molar-refractivity contribution is -0.123. The van der Waals surface area contributed by atoms with Crippen molar-refractivity contribution in [2.45, 2.75) is 23.5 Å². The number of hydrogen-bond acceptors (Lipinski definition) is 6. The molecule has 2 N–H and O–H groups in total. The van der Waals surface area contributed by atoms with Gasteiger partial charge in [-0.2, -0.15) is 0 Å². The van der Waals surface area contributed by atoms with Gasteiger partial charge in [0.25, 0.3) is 0 Å². The topological polar surface area (TPSA) is 109 Å². The van der Waals surface area contributed by atoms with Gasteiger partial charge in [0.2, 0.25) is 15.9 Å². The summed E-state index contributed by atoms with van der Waals surface area (Å²) in [6.07, 6.45) is 1.84. The van der Waals surface area contributed by atoms with E-state index in [0.717, 1.165) is 17.8 Å². The first kappa shape index (κ1) is 17.8. The Kier molecular flexibility index (Phi) is 4.75. The molecule has 2 heterocycles. The second-order valence-corrected chi connectivity index (χ2v) is 11.6. The lowest BCUT2D eigenvalue weighted by Gasteiger charge is -2.22. The van der Waals surface area contributed by atoms with Crippen molar-refractivity contribution in [3.8, 4) is 0 Å². The lowest BCUT2D eigenvalue weighted by atomic mass is 9.96. The smallest absolute Gasteiger partial charge is 0.250 e. The largest absolute Gasteiger partial charge is 0.355 e. The van der Waals surface area contributed by atoms with Crippen LogP contribution in [0.3, 0.4) is 0 Å². The monoisotopic (exact) mass is 392 g/mol. The SMILES string of the molecule is O=C(NCCNS(=O)(=O)c1cccs1)C1CC12CCS(=O)(=O)CC2. The molecule has 1 atom stereocenters. The van der Waals surface area contributed by atoms with Gasteiger partial charge in [-0.1, -0.05) is 6.07 Å². The Morgan fingerprint density at radius 2 is 2.00 bits per heavy atom. The standard InChI is InChI=1S/C14H20N2O5S3/c17-13(11-10-14(11)3-8-23(18,19)9-4-14)15-5-6-16-24(20,21)12-2-1-7-22-12/h1-2,7,11,16H,3-6,8-10H2,(H,15,17). The highest BCUT2D eigenvalue weighted by Crippen LogP contribution is 2.59. The van der Waals surface area contributed by atoms with E-state index in [1.54, 1.807) is 11.4 Å². The van der Waals surface area contributed by atoms with Gasteiger partial charge in [0.05, 0.1) is 11.5 Å². The number of hydrogen-bond donors (Lipinski definition) is 2. The molecule has 2 aliphatic rings. The van der Waals surface area contributed by atoms with Crippen LogP contribution in [0.1, 0.15) is 19.3 Å². The fourth-order valence-corrected chi connectivity index (χ4v) is 6.91. The Bertz CT molecular complexity index is 801. The molecule has 2 fully saturated rings.